The molecule has 0 aromatic heterocycles. The summed E-state index contributed by atoms with van der Waals surface area (Å²) in [4.78, 5) is 21.0. The topological polar surface area (TPSA) is 120 Å². The molecule has 4 N–H and O–H groups in total. The number of carboxylic acids is 1. The highest BCUT2D eigenvalue weighted by molar-refractivity contribution is 6.04. The molecule has 0 aliphatic rings. The first-order valence-electron chi connectivity index (χ1n) is 11.5. The molecule has 2 aromatic carbocycles. The molecule has 0 heterocycles. The maximum atomic E-state index is 12.9. The van der Waals surface area contributed by atoms with E-state index in [2.05, 4.69) is 5.32 Å². The van der Waals surface area contributed by atoms with Gasteiger partial charge in [0.25, 0.3) is 5.97 Å². The van der Waals surface area contributed by atoms with E-state index in [4.69, 9.17) is 20.0 Å². The van der Waals surface area contributed by atoms with Crippen LogP contribution in [0.3, 0.4) is 0 Å². The summed E-state index contributed by atoms with van der Waals surface area (Å²) in [6, 6.07) is 10.3. The molecule has 36 heavy (non-hydrogen) atoms. The Morgan fingerprint density at radius 3 is 2.39 bits per heavy atom. The number of aryl methyl sites for hydroxylation is 1. The van der Waals surface area contributed by atoms with Crippen molar-refractivity contribution in [3.05, 3.63) is 58.7 Å². The zero-order chi connectivity index (χ0) is 27.3. The Morgan fingerprint density at radius 1 is 1.14 bits per heavy atom. The number of rotatable bonds is 11. The number of amides is 1. The molecular weight excluding hydrogens is 477 g/mol. The highest BCUT2D eigenvalue weighted by atomic mass is 19.4. The zero-order valence-electron chi connectivity index (χ0n) is 20.7. The number of phenolic OH excluding ortho intramolecular Hbond substituents is 1. The Labute approximate surface area is 208 Å². The van der Waals surface area contributed by atoms with E-state index in [1.54, 1.807) is 0 Å². The first-order valence-corrected chi connectivity index (χ1v) is 11.5. The molecule has 2 aromatic rings. The van der Waals surface area contributed by atoms with E-state index < -0.39 is 29.2 Å². The summed E-state index contributed by atoms with van der Waals surface area (Å²) >= 11 is 0. The van der Waals surface area contributed by atoms with Crippen LogP contribution in [0.15, 0.2) is 36.4 Å². The normalized spacial score (nSPS) is 10.7. The second kappa shape index (κ2) is 14.8. The Hall–Kier alpha value is -3.56. The van der Waals surface area contributed by atoms with Crippen molar-refractivity contribution in [3.8, 4) is 11.5 Å². The minimum atomic E-state index is -4.84. The van der Waals surface area contributed by atoms with Gasteiger partial charge < -0.3 is 20.3 Å². The van der Waals surface area contributed by atoms with Crippen molar-refractivity contribution < 1.29 is 37.7 Å². The van der Waals surface area contributed by atoms with Gasteiger partial charge in [0.1, 0.15) is 17.2 Å². The fraction of sp³-hybridized carbons (Fsp3) is 0.423. The number of aliphatic carboxylic acids is 1. The molecule has 0 saturated heterocycles. The molecule has 0 atom stereocenters. The van der Waals surface area contributed by atoms with Crippen LogP contribution in [0.25, 0.3) is 0 Å². The van der Waals surface area contributed by atoms with E-state index in [9.17, 15) is 23.1 Å². The van der Waals surface area contributed by atoms with E-state index in [1.807, 2.05) is 38.1 Å². The fourth-order valence-corrected chi connectivity index (χ4v) is 3.28. The van der Waals surface area contributed by atoms with Crippen LogP contribution in [0.2, 0.25) is 0 Å². The average Bonchev–Trinajstić information content (AvgIpc) is 2.78. The molecule has 0 saturated carbocycles. The summed E-state index contributed by atoms with van der Waals surface area (Å²) in [5.41, 5.74) is 0.279. The molecule has 2 rings (SSSR count). The third-order valence-corrected chi connectivity index (χ3v) is 4.92. The molecule has 1 amide bonds. The summed E-state index contributed by atoms with van der Waals surface area (Å²) in [7, 11) is 0. The van der Waals surface area contributed by atoms with Crippen molar-refractivity contribution in [2.75, 3.05) is 6.61 Å². The molecule has 0 bridgehead atoms. The number of phenols is 1. The van der Waals surface area contributed by atoms with Crippen molar-refractivity contribution in [2.45, 2.75) is 65.6 Å². The number of nitrogens with one attached hydrogen (secondary N) is 2. The van der Waals surface area contributed by atoms with Gasteiger partial charge in [0.2, 0.25) is 5.91 Å². The quantitative estimate of drug-likeness (QED) is 0.234. The second-order valence-corrected chi connectivity index (χ2v) is 8.15. The lowest BCUT2D eigenvalue weighted by atomic mass is 10.00. The van der Waals surface area contributed by atoms with E-state index in [1.165, 1.54) is 6.07 Å². The predicted octanol–water partition coefficient (Wildman–Crippen LogP) is 5.54. The monoisotopic (exact) mass is 510 g/mol. The maximum Gasteiger partial charge on any atom is 0.433 e. The van der Waals surface area contributed by atoms with E-state index >= 15 is 0 Å². The lowest BCUT2D eigenvalue weighted by Crippen LogP contribution is -2.23. The number of carbonyl (C=O) groups is 2. The molecule has 0 unspecified atom stereocenters. The maximum absolute atomic E-state index is 12.9. The van der Waals surface area contributed by atoms with E-state index in [0.717, 1.165) is 24.1 Å². The zero-order valence-corrected chi connectivity index (χ0v) is 20.7. The summed E-state index contributed by atoms with van der Waals surface area (Å²) in [6.45, 7) is 5.64. The number of ether oxygens (including phenoxy) is 1. The molecular formula is C26H33F3N2O5. The van der Waals surface area contributed by atoms with Gasteiger partial charge >= 0.3 is 6.18 Å². The molecule has 198 valence electrons. The number of carbonyl (C=O) groups excluding carboxylic acids is 1. The third kappa shape index (κ3) is 10.8. The SMILES string of the molecule is CC(=O)O.CCCc1c(OCCCCC(=O)NCc2cccc(C)c2)ccc(C(=N)C(F)(F)F)c1O. The number of hydrogen-bond acceptors (Lipinski definition) is 5. The van der Waals surface area contributed by atoms with Gasteiger partial charge in [-0.25, -0.2) is 0 Å². The minimum Gasteiger partial charge on any atom is -0.507 e. The van der Waals surface area contributed by atoms with Gasteiger partial charge in [-0.1, -0.05) is 43.2 Å². The van der Waals surface area contributed by atoms with Crippen LogP contribution < -0.4 is 10.1 Å². The van der Waals surface area contributed by atoms with Crippen molar-refractivity contribution in [1.82, 2.24) is 5.32 Å². The number of unbranched alkanes of at least 4 members (excludes halogenated alkanes) is 1. The van der Waals surface area contributed by atoms with Crippen molar-refractivity contribution >= 4 is 17.6 Å². The van der Waals surface area contributed by atoms with Crippen LogP contribution in [0, 0.1) is 12.3 Å². The highest BCUT2D eigenvalue weighted by Crippen LogP contribution is 2.36. The first-order chi connectivity index (χ1) is 16.9. The van der Waals surface area contributed by atoms with E-state index in [0.29, 0.717) is 44.4 Å². The van der Waals surface area contributed by atoms with Gasteiger partial charge in [0.05, 0.1) is 6.61 Å². The number of aromatic hydroxyl groups is 1. The first kappa shape index (κ1) is 30.5. The lowest BCUT2D eigenvalue weighted by Gasteiger charge is -2.17. The molecule has 0 spiro atoms. The third-order valence-electron chi connectivity index (χ3n) is 4.92. The average molecular weight is 511 g/mol. The van der Waals surface area contributed by atoms with Crippen LogP contribution in [-0.4, -0.2) is 40.6 Å². The predicted molar refractivity (Wildman–Crippen MR) is 131 cm³/mol. The van der Waals surface area contributed by atoms with Gasteiger partial charge in [0.15, 0.2) is 0 Å². The number of benzene rings is 2. The fourth-order valence-electron chi connectivity index (χ4n) is 3.28. The molecule has 0 radical (unpaired) electrons. The minimum absolute atomic E-state index is 0.0640. The largest absolute Gasteiger partial charge is 0.507 e. The Morgan fingerprint density at radius 2 is 1.81 bits per heavy atom. The Bertz CT molecular complexity index is 1030. The van der Waals surface area contributed by atoms with Gasteiger partial charge in [-0.2, -0.15) is 13.2 Å². The number of carboxylic acid groups (broad SMARTS) is 1. The smallest absolute Gasteiger partial charge is 0.433 e. The number of alkyl halides is 3. The summed E-state index contributed by atoms with van der Waals surface area (Å²) in [6.07, 6.45) is -2.43. The summed E-state index contributed by atoms with van der Waals surface area (Å²) < 4.78 is 44.2. The number of halogens is 3. The molecule has 0 aliphatic carbocycles. The summed E-state index contributed by atoms with van der Waals surface area (Å²) in [5, 5.41) is 27.9. The molecule has 0 fully saturated rings. The van der Waals surface area contributed by atoms with Gasteiger partial charge in [-0.3, -0.25) is 15.0 Å². The van der Waals surface area contributed by atoms with Gasteiger partial charge in [-0.05, 0) is 43.9 Å². The summed E-state index contributed by atoms with van der Waals surface area (Å²) in [5.74, 6) is -1.17. The Kier molecular flexibility index (Phi) is 12.5. The number of hydrogen-bond donors (Lipinski definition) is 4. The van der Waals surface area contributed by atoms with Crippen molar-refractivity contribution in [2.24, 2.45) is 0 Å². The molecule has 10 heteroatoms. The Balaban J connectivity index is 0.00000150. The van der Waals surface area contributed by atoms with Crippen LogP contribution in [0.1, 0.15) is 61.8 Å². The van der Waals surface area contributed by atoms with Crippen LogP contribution >= 0.6 is 0 Å². The van der Waals surface area contributed by atoms with Crippen molar-refractivity contribution in [1.29, 1.82) is 5.41 Å². The van der Waals surface area contributed by atoms with Crippen LogP contribution in [0.5, 0.6) is 11.5 Å². The standard InChI is InChI=1S/C24H29F3N2O3.C2H4O2/c1-3-7-18-20(12-11-19(22(18)31)23(28)24(25,26)27)32-13-5-4-10-21(30)29-15-17-9-6-8-16(2)14-17;1-2(3)4/h6,8-9,11-12,14,28,31H,3-5,7,10,13,15H2,1-2H3,(H,29,30);1H3,(H,3,4). The van der Waals surface area contributed by atoms with Crippen LogP contribution in [-0.2, 0) is 22.6 Å². The second-order valence-electron chi connectivity index (χ2n) is 8.15. The molecule has 7 nitrogen and oxygen atoms in total. The van der Waals surface area contributed by atoms with Crippen molar-refractivity contribution in [3.63, 3.8) is 0 Å². The van der Waals surface area contributed by atoms with Crippen LogP contribution in [0.4, 0.5) is 13.2 Å². The van der Waals surface area contributed by atoms with Gasteiger partial charge in [0, 0.05) is 31.0 Å². The van der Waals surface area contributed by atoms with E-state index in [-0.39, 0.29) is 18.1 Å². The van der Waals surface area contributed by atoms with Gasteiger partial charge in [-0.15, -0.1) is 0 Å². The lowest BCUT2D eigenvalue weighted by molar-refractivity contribution is -0.134. The molecule has 0 aliphatic heterocycles. The highest BCUT2D eigenvalue weighted by Gasteiger charge is 2.37.